The molecule has 9 heteroatoms. The minimum absolute atomic E-state index is 0.231. The fraction of sp³-hybridized carbons (Fsp3) is 0.571. The molecule has 2 N–H and O–H groups in total. The summed E-state index contributed by atoms with van der Waals surface area (Å²) < 4.78 is 30.1. The topological polar surface area (TPSA) is 104 Å². The molecule has 126 valence electrons. The van der Waals surface area contributed by atoms with Crippen molar-refractivity contribution in [3.63, 3.8) is 0 Å². The van der Waals surface area contributed by atoms with Crippen molar-refractivity contribution in [2.24, 2.45) is 0 Å². The van der Waals surface area contributed by atoms with Gasteiger partial charge >= 0.3 is 0 Å². The second-order valence-corrected chi connectivity index (χ2v) is 7.82. The summed E-state index contributed by atoms with van der Waals surface area (Å²) in [5.74, 6) is 0.857. The largest absolute Gasteiger partial charge is 0.361 e. The smallest absolute Gasteiger partial charge is 0.209 e. The van der Waals surface area contributed by atoms with Gasteiger partial charge in [0.2, 0.25) is 10.0 Å². The van der Waals surface area contributed by atoms with Crippen LogP contribution >= 0.6 is 0 Å². The third-order valence-corrected chi connectivity index (χ3v) is 4.83. The van der Waals surface area contributed by atoms with Gasteiger partial charge in [-0.25, -0.2) is 13.1 Å². The zero-order valence-electron chi connectivity index (χ0n) is 13.5. The highest BCUT2D eigenvalue weighted by atomic mass is 32.2. The van der Waals surface area contributed by atoms with Gasteiger partial charge in [0.25, 0.3) is 0 Å². The summed E-state index contributed by atoms with van der Waals surface area (Å²) in [5, 5.41) is 11.3. The molecule has 0 aliphatic carbocycles. The van der Waals surface area contributed by atoms with Crippen molar-refractivity contribution in [3.8, 4) is 0 Å². The van der Waals surface area contributed by atoms with Crippen molar-refractivity contribution < 1.29 is 12.9 Å². The first-order chi connectivity index (χ1) is 10.8. The molecule has 8 nitrogen and oxygen atoms in total. The van der Waals surface area contributed by atoms with E-state index in [9.17, 15) is 8.42 Å². The van der Waals surface area contributed by atoms with E-state index in [1.165, 1.54) is 0 Å². The molecule has 0 fully saturated rings. The fourth-order valence-electron chi connectivity index (χ4n) is 2.87. The number of sulfonamides is 1. The molecule has 0 bridgehead atoms. The van der Waals surface area contributed by atoms with E-state index in [0.717, 1.165) is 66.3 Å². The molecule has 0 atom stereocenters. The molecule has 0 radical (unpaired) electrons. The molecule has 1 aliphatic heterocycles. The molecular formula is C14H21N5O3S. The summed E-state index contributed by atoms with van der Waals surface area (Å²) in [5.41, 5.74) is 5.01. The predicted molar refractivity (Wildman–Crippen MR) is 84.1 cm³/mol. The van der Waals surface area contributed by atoms with Gasteiger partial charge in [0.05, 0.1) is 29.9 Å². The van der Waals surface area contributed by atoms with Gasteiger partial charge in [-0.05, 0) is 20.3 Å². The lowest BCUT2D eigenvalue weighted by Crippen LogP contribution is -2.31. The van der Waals surface area contributed by atoms with E-state index in [0.29, 0.717) is 0 Å². The molecule has 2 aromatic heterocycles. The second kappa shape index (κ2) is 6.06. The molecule has 1 aliphatic rings. The highest BCUT2D eigenvalue weighted by molar-refractivity contribution is 7.88. The summed E-state index contributed by atoms with van der Waals surface area (Å²) in [6, 6.07) is 0. The number of hydrogen-bond donors (Lipinski definition) is 2. The molecule has 23 heavy (non-hydrogen) atoms. The maximum absolute atomic E-state index is 11.2. The van der Waals surface area contributed by atoms with Crippen molar-refractivity contribution in [1.29, 1.82) is 0 Å². The minimum atomic E-state index is -3.21. The van der Waals surface area contributed by atoms with E-state index in [1.54, 1.807) is 0 Å². The van der Waals surface area contributed by atoms with Gasteiger partial charge < -0.3 is 4.52 Å². The van der Waals surface area contributed by atoms with Gasteiger partial charge in [-0.1, -0.05) is 5.16 Å². The molecule has 0 saturated carbocycles. The Balaban J connectivity index is 1.69. The zero-order valence-corrected chi connectivity index (χ0v) is 14.3. The Morgan fingerprint density at radius 2 is 2.17 bits per heavy atom. The van der Waals surface area contributed by atoms with Gasteiger partial charge in [-0.3, -0.25) is 10.00 Å². The van der Waals surface area contributed by atoms with E-state index < -0.39 is 10.0 Å². The third kappa shape index (κ3) is 3.62. The summed E-state index contributed by atoms with van der Waals surface area (Å²) in [7, 11) is -3.21. The highest BCUT2D eigenvalue weighted by Crippen LogP contribution is 2.23. The molecule has 3 heterocycles. The zero-order chi connectivity index (χ0) is 16.6. The first-order valence-electron chi connectivity index (χ1n) is 7.47. The van der Waals surface area contributed by atoms with Gasteiger partial charge in [0, 0.05) is 30.8 Å². The van der Waals surface area contributed by atoms with Gasteiger partial charge in [0.15, 0.2) is 0 Å². The molecule has 0 spiro atoms. The first-order valence-corrected chi connectivity index (χ1v) is 9.36. The van der Waals surface area contributed by atoms with Crippen molar-refractivity contribution in [2.75, 3.05) is 12.8 Å². The number of nitrogens with one attached hydrogen (secondary N) is 2. The van der Waals surface area contributed by atoms with Crippen LogP contribution in [0, 0.1) is 13.8 Å². The number of aromatic amines is 1. The number of H-pyrrole nitrogens is 1. The summed E-state index contributed by atoms with van der Waals surface area (Å²) in [4.78, 5) is 2.31. The maximum atomic E-state index is 11.2. The van der Waals surface area contributed by atoms with Crippen LogP contribution in [0.15, 0.2) is 4.52 Å². The van der Waals surface area contributed by atoms with Crippen LogP contribution in [0.1, 0.15) is 34.0 Å². The Morgan fingerprint density at radius 1 is 1.39 bits per heavy atom. The Kier molecular flexibility index (Phi) is 4.26. The van der Waals surface area contributed by atoms with Crippen LogP contribution in [0.3, 0.4) is 0 Å². The lowest BCUT2D eigenvalue weighted by molar-refractivity contribution is 0.240. The Bertz CT molecular complexity index is 789. The normalized spacial score (nSPS) is 15.8. The molecular weight excluding hydrogens is 318 g/mol. The minimum Gasteiger partial charge on any atom is -0.361 e. The van der Waals surface area contributed by atoms with Gasteiger partial charge in [-0.2, -0.15) is 5.10 Å². The fourth-order valence-corrected chi connectivity index (χ4v) is 3.27. The van der Waals surface area contributed by atoms with Crippen LogP contribution in [0.25, 0.3) is 0 Å². The van der Waals surface area contributed by atoms with Crippen LogP contribution in [0.4, 0.5) is 0 Å². The summed E-state index contributed by atoms with van der Waals surface area (Å²) >= 11 is 0. The van der Waals surface area contributed by atoms with E-state index in [2.05, 4.69) is 25.0 Å². The van der Waals surface area contributed by atoms with Crippen LogP contribution in [0.5, 0.6) is 0 Å². The molecule has 0 unspecified atom stereocenters. The molecule has 2 aromatic rings. The second-order valence-electron chi connectivity index (χ2n) is 5.98. The monoisotopic (exact) mass is 339 g/mol. The van der Waals surface area contributed by atoms with E-state index in [1.807, 2.05) is 13.8 Å². The predicted octanol–water partition coefficient (Wildman–Crippen LogP) is 0.622. The lowest BCUT2D eigenvalue weighted by Gasteiger charge is -2.26. The SMILES string of the molecule is Cc1noc(C)c1CN1CCc2c(CNS(C)(=O)=O)n[nH]c2C1. The molecule has 3 rings (SSSR count). The maximum Gasteiger partial charge on any atom is 0.209 e. The average Bonchev–Trinajstić information content (AvgIpc) is 3.02. The molecule has 0 aromatic carbocycles. The molecule has 0 saturated heterocycles. The van der Waals surface area contributed by atoms with E-state index >= 15 is 0 Å². The Labute approximate surface area is 135 Å². The van der Waals surface area contributed by atoms with Crippen LogP contribution in [-0.4, -0.2) is 41.5 Å². The highest BCUT2D eigenvalue weighted by Gasteiger charge is 2.23. The lowest BCUT2D eigenvalue weighted by atomic mass is 10.0. The Hall–Kier alpha value is -1.71. The van der Waals surface area contributed by atoms with Gasteiger partial charge in [-0.15, -0.1) is 0 Å². The van der Waals surface area contributed by atoms with Crippen LogP contribution in [-0.2, 0) is 36.1 Å². The quantitative estimate of drug-likeness (QED) is 0.828. The van der Waals surface area contributed by atoms with Crippen molar-refractivity contribution in [2.45, 2.75) is 39.9 Å². The van der Waals surface area contributed by atoms with Gasteiger partial charge in [0.1, 0.15) is 5.76 Å². The van der Waals surface area contributed by atoms with Crippen LogP contribution < -0.4 is 4.72 Å². The average molecular weight is 339 g/mol. The van der Waals surface area contributed by atoms with E-state index in [-0.39, 0.29) is 6.54 Å². The van der Waals surface area contributed by atoms with Crippen molar-refractivity contribution in [3.05, 3.63) is 34.0 Å². The molecule has 0 amide bonds. The number of fused-ring (bicyclic) bond motifs is 1. The van der Waals surface area contributed by atoms with Crippen molar-refractivity contribution >= 4 is 10.0 Å². The first kappa shape index (κ1) is 16.2. The summed E-state index contributed by atoms with van der Waals surface area (Å²) in [6.07, 6.45) is 1.99. The Morgan fingerprint density at radius 3 is 2.83 bits per heavy atom. The van der Waals surface area contributed by atoms with Crippen LogP contribution in [0.2, 0.25) is 0 Å². The number of hydrogen-bond acceptors (Lipinski definition) is 6. The number of aryl methyl sites for hydroxylation is 2. The van der Waals surface area contributed by atoms with Crippen molar-refractivity contribution in [1.82, 2.24) is 25.0 Å². The third-order valence-electron chi connectivity index (χ3n) is 4.16. The number of aromatic nitrogens is 3. The number of nitrogens with zero attached hydrogens (tertiary/aromatic N) is 3. The van der Waals surface area contributed by atoms with E-state index in [4.69, 9.17) is 4.52 Å². The standard InChI is InChI=1S/C14H21N5O3S/c1-9-12(10(2)22-18-9)7-19-5-4-11-13(6-15-23(3,20)21)16-17-14(11)8-19/h15H,4-8H2,1-3H3,(H,16,17). The number of rotatable bonds is 5. The summed E-state index contributed by atoms with van der Waals surface area (Å²) in [6.45, 7) is 6.54.